The molecule has 4 nitrogen and oxygen atoms in total. The number of aromatic nitrogens is 2. The Morgan fingerprint density at radius 2 is 1.88 bits per heavy atom. The quantitative estimate of drug-likeness (QED) is 0.577. The second-order valence-corrected chi connectivity index (χ2v) is 6.85. The summed E-state index contributed by atoms with van der Waals surface area (Å²) in [5.74, 6) is 0.780. The lowest BCUT2D eigenvalue weighted by atomic mass is 10.2. The van der Waals surface area contributed by atoms with Gasteiger partial charge in [-0.1, -0.05) is 41.7 Å². The second kappa shape index (κ2) is 5.76. The van der Waals surface area contributed by atoms with Crippen LogP contribution in [0, 0.1) is 0 Å². The first kappa shape index (κ1) is 14.9. The number of imidazole rings is 1. The van der Waals surface area contributed by atoms with Crippen LogP contribution in [0.25, 0.3) is 22.1 Å². The van der Waals surface area contributed by atoms with Crippen molar-refractivity contribution in [3.8, 4) is 5.75 Å². The molecule has 0 saturated carbocycles. The van der Waals surface area contributed by atoms with Crippen LogP contribution in [0.4, 0.5) is 0 Å². The van der Waals surface area contributed by atoms with Crippen molar-refractivity contribution in [3.05, 3.63) is 69.0 Å². The van der Waals surface area contributed by atoms with E-state index >= 15 is 0 Å². The van der Waals surface area contributed by atoms with Crippen LogP contribution in [0.2, 0.25) is 0 Å². The zero-order valence-corrected chi connectivity index (χ0v) is 14.2. The Kier molecular flexibility index (Phi) is 3.58. The summed E-state index contributed by atoms with van der Waals surface area (Å²) in [6, 6.07) is 15.4. The van der Waals surface area contributed by atoms with Crippen molar-refractivity contribution in [1.29, 1.82) is 0 Å². The summed E-state index contributed by atoms with van der Waals surface area (Å²) in [5, 5.41) is 0. The Labute approximate surface area is 142 Å². The maximum absolute atomic E-state index is 12.8. The first-order chi connectivity index (χ1) is 11.6. The second-order valence-electron chi connectivity index (χ2n) is 5.84. The third-order valence-corrected chi connectivity index (χ3v) is 4.68. The van der Waals surface area contributed by atoms with Gasteiger partial charge in [0.25, 0.3) is 5.56 Å². The molecule has 0 spiro atoms. The number of fused-ring (bicyclic) bond motifs is 3. The fraction of sp³-hybridized carbons (Fsp3) is 0.158. The molecule has 0 fully saturated rings. The number of hydrogen-bond donors (Lipinski definition) is 0. The first-order valence-electron chi connectivity index (χ1n) is 7.81. The van der Waals surface area contributed by atoms with Gasteiger partial charge in [-0.3, -0.25) is 4.79 Å². The monoisotopic (exact) mass is 336 g/mol. The zero-order chi connectivity index (χ0) is 16.7. The number of rotatable bonds is 3. The van der Waals surface area contributed by atoms with Crippen molar-refractivity contribution in [2.24, 2.45) is 0 Å². The molecule has 5 heteroatoms. The molecule has 0 N–H and O–H groups in total. The van der Waals surface area contributed by atoms with Gasteiger partial charge in [0.05, 0.1) is 21.7 Å². The normalized spacial score (nSPS) is 12.5. The smallest absolute Gasteiger partial charge is 0.274 e. The van der Waals surface area contributed by atoms with Gasteiger partial charge in [0.1, 0.15) is 5.75 Å². The van der Waals surface area contributed by atoms with Crippen LogP contribution in [0.15, 0.2) is 53.3 Å². The number of benzene rings is 2. The van der Waals surface area contributed by atoms with E-state index in [-0.39, 0.29) is 11.7 Å². The standard InChI is InChI=1S/C19H16N2O2S/c1-12(2)23-16-10-6-3-7-13(16)11-17-18(22)21-15-9-5-4-8-14(15)20-19(21)24-17/h3-12H,1-2H3/b17-11-. The van der Waals surface area contributed by atoms with Crippen LogP contribution in [-0.2, 0) is 0 Å². The molecule has 120 valence electrons. The van der Waals surface area contributed by atoms with Gasteiger partial charge in [-0.05, 0) is 38.1 Å². The molecule has 4 aromatic rings. The minimum Gasteiger partial charge on any atom is -0.490 e. The third-order valence-electron chi connectivity index (χ3n) is 3.71. The number of thiazole rings is 1. The molecule has 0 radical (unpaired) electrons. The van der Waals surface area contributed by atoms with Gasteiger partial charge < -0.3 is 4.74 Å². The highest BCUT2D eigenvalue weighted by Crippen LogP contribution is 2.21. The molecule has 0 aliphatic heterocycles. The molecule has 0 aliphatic rings. The highest BCUT2D eigenvalue weighted by atomic mass is 32.1. The van der Waals surface area contributed by atoms with Gasteiger partial charge in [-0.25, -0.2) is 9.38 Å². The van der Waals surface area contributed by atoms with Gasteiger partial charge in [0.15, 0.2) is 4.96 Å². The van der Waals surface area contributed by atoms with Crippen LogP contribution in [0.1, 0.15) is 19.4 Å². The Balaban J connectivity index is 1.93. The molecule has 0 bridgehead atoms. The van der Waals surface area contributed by atoms with E-state index in [9.17, 15) is 4.79 Å². The molecular formula is C19H16N2O2S. The Morgan fingerprint density at radius 1 is 1.12 bits per heavy atom. The fourth-order valence-electron chi connectivity index (χ4n) is 2.71. The van der Waals surface area contributed by atoms with E-state index in [0.29, 0.717) is 4.53 Å². The lowest BCUT2D eigenvalue weighted by Crippen LogP contribution is -2.22. The molecule has 2 heterocycles. The SMILES string of the molecule is CC(C)Oc1ccccc1/C=c1\sc2nc3ccccc3n2c1=O. The zero-order valence-electron chi connectivity index (χ0n) is 13.4. The summed E-state index contributed by atoms with van der Waals surface area (Å²) in [7, 11) is 0. The predicted octanol–water partition coefficient (Wildman–Crippen LogP) is 3.24. The summed E-state index contributed by atoms with van der Waals surface area (Å²) in [4.78, 5) is 18.1. The van der Waals surface area contributed by atoms with E-state index in [1.165, 1.54) is 11.3 Å². The lowest BCUT2D eigenvalue weighted by molar-refractivity contribution is 0.242. The van der Waals surface area contributed by atoms with Crippen molar-refractivity contribution in [2.75, 3.05) is 0 Å². The van der Waals surface area contributed by atoms with Crippen molar-refractivity contribution < 1.29 is 4.74 Å². The van der Waals surface area contributed by atoms with Crippen molar-refractivity contribution in [3.63, 3.8) is 0 Å². The number of hydrogen-bond acceptors (Lipinski definition) is 4. The van der Waals surface area contributed by atoms with E-state index in [2.05, 4.69) is 4.98 Å². The molecule has 2 aromatic heterocycles. The highest BCUT2D eigenvalue weighted by molar-refractivity contribution is 7.15. The summed E-state index contributed by atoms with van der Waals surface area (Å²) in [6.07, 6.45) is 1.96. The van der Waals surface area contributed by atoms with Crippen molar-refractivity contribution in [1.82, 2.24) is 9.38 Å². The van der Waals surface area contributed by atoms with Crippen LogP contribution in [0.3, 0.4) is 0 Å². The molecule has 24 heavy (non-hydrogen) atoms. The Hall–Kier alpha value is -2.66. The first-order valence-corrected chi connectivity index (χ1v) is 8.62. The van der Waals surface area contributed by atoms with Gasteiger partial charge in [-0.2, -0.15) is 0 Å². The van der Waals surface area contributed by atoms with Crippen LogP contribution >= 0.6 is 11.3 Å². The van der Waals surface area contributed by atoms with Crippen molar-refractivity contribution in [2.45, 2.75) is 20.0 Å². The van der Waals surface area contributed by atoms with Gasteiger partial charge in [0, 0.05) is 5.56 Å². The van der Waals surface area contributed by atoms with Crippen LogP contribution < -0.4 is 14.8 Å². The van der Waals surface area contributed by atoms with E-state index < -0.39 is 0 Å². The average Bonchev–Trinajstić information content (AvgIpc) is 3.06. The average molecular weight is 336 g/mol. The van der Waals surface area contributed by atoms with E-state index in [0.717, 1.165) is 27.3 Å². The summed E-state index contributed by atoms with van der Waals surface area (Å²) >= 11 is 1.40. The molecule has 0 unspecified atom stereocenters. The maximum Gasteiger partial charge on any atom is 0.274 e. The minimum atomic E-state index is -0.0388. The Bertz CT molecular complexity index is 1140. The predicted molar refractivity (Wildman–Crippen MR) is 97.8 cm³/mol. The molecule has 0 saturated heterocycles. The van der Waals surface area contributed by atoms with Gasteiger partial charge in [0.2, 0.25) is 0 Å². The maximum atomic E-state index is 12.8. The number of nitrogens with zero attached hydrogens (tertiary/aromatic N) is 2. The van der Waals surface area contributed by atoms with Gasteiger partial charge in [-0.15, -0.1) is 0 Å². The molecule has 4 rings (SSSR count). The lowest BCUT2D eigenvalue weighted by Gasteiger charge is -2.11. The molecule has 0 atom stereocenters. The van der Waals surface area contributed by atoms with E-state index in [1.54, 1.807) is 4.40 Å². The largest absolute Gasteiger partial charge is 0.490 e. The number of ether oxygens (including phenoxy) is 1. The summed E-state index contributed by atoms with van der Waals surface area (Å²) in [5.41, 5.74) is 2.55. The Morgan fingerprint density at radius 3 is 2.71 bits per heavy atom. The third kappa shape index (κ3) is 2.47. The highest BCUT2D eigenvalue weighted by Gasteiger charge is 2.11. The molecule has 0 amide bonds. The summed E-state index contributed by atoms with van der Waals surface area (Å²) in [6.45, 7) is 3.97. The minimum absolute atomic E-state index is 0.0388. The summed E-state index contributed by atoms with van der Waals surface area (Å²) < 4.78 is 8.17. The molecule has 2 aromatic carbocycles. The molecular weight excluding hydrogens is 320 g/mol. The van der Waals surface area contributed by atoms with E-state index in [4.69, 9.17) is 4.74 Å². The molecule has 0 aliphatic carbocycles. The number of para-hydroxylation sites is 3. The topological polar surface area (TPSA) is 43.6 Å². The fourth-order valence-corrected chi connectivity index (χ4v) is 3.69. The van der Waals surface area contributed by atoms with Crippen molar-refractivity contribution >= 4 is 33.4 Å². The van der Waals surface area contributed by atoms with E-state index in [1.807, 2.05) is 68.5 Å². The van der Waals surface area contributed by atoms with Crippen LogP contribution in [-0.4, -0.2) is 15.5 Å². The van der Waals surface area contributed by atoms with Gasteiger partial charge >= 0.3 is 0 Å². The van der Waals surface area contributed by atoms with Crippen LogP contribution in [0.5, 0.6) is 5.75 Å².